The summed E-state index contributed by atoms with van der Waals surface area (Å²) in [6.07, 6.45) is 0. The van der Waals surface area contributed by atoms with Crippen molar-refractivity contribution in [3.63, 3.8) is 0 Å². The predicted molar refractivity (Wildman–Crippen MR) is 67.6 cm³/mol. The van der Waals surface area contributed by atoms with Crippen LogP contribution in [0.25, 0.3) is 0 Å². The van der Waals surface area contributed by atoms with Gasteiger partial charge in [0.05, 0.1) is 0 Å². The molecule has 1 aromatic carbocycles. The van der Waals surface area contributed by atoms with Crippen LogP contribution in [0.15, 0.2) is 35.0 Å². The van der Waals surface area contributed by atoms with Gasteiger partial charge in [0, 0.05) is 17.6 Å². The lowest BCUT2D eigenvalue weighted by Crippen LogP contribution is -1.99. The fourth-order valence-corrected chi connectivity index (χ4v) is 2.25. The van der Waals surface area contributed by atoms with E-state index in [1.807, 2.05) is 0 Å². The third-order valence-electron chi connectivity index (χ3n) is 2.46. The molecule has 0 fully saturated rings. The molecular formula is C13H15NS. The number of benzene rings is 1. The highest BCUT2D eigenvalue weighted by molar-refractivity contribution is 7.08. The number of anilines is 1. The molecule has 0 amide bonds. The van der Waals surface area contributed by atoms with E-state index in [1.54, 1.807) is 11.3 Å². The zero-order valence-corrected chi connectivity index (χ0v) is 9.90. The molecule has 0 saturated heterocycles. The number of thiophene rings is 1. The Morgan fingerprint density at radius 1 is 1.07 bits per heavy atom. The van der Waals surface area contributed by atoms with E-state index in [4.69, 9.17) is 0 Å². The molecule has 2 heteroatoms. The number of hydrogen-bond acceptors (Lipinski definition) is 2. The van der Waals surface area contributed by atoms with Crippen molar-refractivity contribution in [1.29, 1.82) is 0 Å². The fourth-order valence-electron chi connectivity index (χ4n) is 1.44. The van der Waals surface area contributed by atoms with Crippen LogP contribution in [0, 0.1) is 13.8 Å². The smallest absolute Gasteiger partial charge is 0.0481 e. The first-order valence-corrected chi connectivity index (χ1v) is 6.02. The Labute approximate surface area is 94.8 Å². The van der Waals surface area contributed by atoms with E-state index in [9.17, 15) is 0 Å². The van der Waals surface area contributed by atoms with Gasteiger partial charge in [-0.15, -0.1) is 11.3 Å². The monoisotopic (exact) mass is 217 g/mol. The molecule has 0 aliphatic rings. The summed E-state index contributed by atoms with van der Waals surface area (Å²) in [4.78, 5) is 0. The summed E-state index contributed by atoms with van der Waals surface area (Å²) < 4.78 is 0. The van der Waals surface area contributed by atoms with E-state index in [2.05, 4.69) is 54.2 Å². The minimum absolute atomic E-state index is 0.901. The second-order valence-electron chi connectivity index (χ2n) is 3.81. The van der Waals surface area contributed by atoms with Crippen LogP contribution >= 0.6 is 11.3 Å². The van der Waals surface area contributed by atoms with Crippen LogP contribution in [0.2, 0.25) is 0 Å². The zero-order valence-electron chi connectivity index (χ0n) is 9.08. The van der Waals surface area contributed by atoms with Gasteiger partial charge in [-0.1, -0.05) is 29.8 Å². The summed E-state index contributed by atoms with van der Waals surface area (Å²) in [6, 6.07) is 8.64. The third-order valence-corrected chi connectivity index (χ3v) is 3.32. The first kappa shape index (κ1) is 10.2. The summed E-state index contributed by atoms with van der Waals surface area (Å²) in [6.45, 7) is 5.14. The summed E-state index contributed by atoms with van der Waals surface area (Å²) in [5, 5.41) is 7.76. The van der Waals surface area contributed by atoms with Gasteiger partial charge in [0.15, 0.2) is 0 Å². The normalized spacial score (nSPS) is 10.3. The summed E-state index contributed by atoms with van der Waals surface area (Å²) in [7, 11) is 0. The van der Waals surface area contributed by atoms with Gasteiger partial charge >= 0.3 is 0 Å². The van der Waals surface area contributed by atoms with Crippen molar-refractivity contribution in [3.8, 4) is 0 Å². The van der Waals surface area contributed by atoms with E-state index in [0.29, 0.717) is 0 Å². The second-order valence-corrected chi connectivity index (χ2v) is 4.55. The molecular weight excluding hydrogens is 202 g/mol. The van der Waals surface area contributed by atoms with Crippen LogP contribution in [0.5, 0.6) is 0 Å². The van der Waals surface area contributed by atoms with Gasteiger partial charge in [-0.05, 0) is 30.4 Å². The predicted octanol–water partition coefficient (Wildman–Crippen LogP) is 3.98. The summed E-state index contributed by atoms with van der Waals surface area (Å²) in [5.41, 5.74) is 5.21. The highest BCUT2D eigenvalue weighted by Crippen LogP contribution is 2.20. The van der Waals surface area contributed by atoms with Gasteiger partial charge in [-0.2, -0.15) is 0 Å². The highest BCUT2D eigenvalue weighted by atomic mass is 32.1. The van der Waals surface area contributed by atoms with Crippen molar-refractivity contribution in [2.45, 2.75) is 20.4 Å². The van der Waals surface area contributed by atoms with Crippen LogP contribution in [-0.4, -0.2) is 0 Å². The van der Waals surface area contributed by atoms with Gasteiger partial charge in [-0.3, -0.25) is 0 Å². The topological polar surface area (TPSA) is 12.0 Å². The lowest BCUT2D eigenvalue weighted by Gasteiger charge is -2.05. The molecule has 0 radical (unpaired) electrons. The highest BCUT2D eigenvalue weighted by Gasteiger charge is 1.98. The maximum Gasteiger partial charge on any atom is 0.0481 e. The van der Waals surface area contributed by atoms with Crippen LogP contribution in [0.4, 0.5) is 5.69 Å². The first-order chi connectivity index (χ1) is 7.25. The average Bonchev–Trinajstić information content (AvgIpc) is 2.63. The van der Waals surface area contributed by atoms with E-state index in [1.165, 1.54) is 22.4 Å². The quantitative estimate of drug-likeness (QED) is 0.820. The summed E-state index contributed by atoms with van der Waals surface area (Å²) >= 11 is 1.74. The Morgan fingerprint density at radius 2 is 1.80 bits per heavy atom. The van der Waals surface area contributed by atoms with E-state index < -0.39 is 0 Å². The lowest BCUT2D eigenvalue weighted by molar-refractivity contribution is 1.14. The molecule has 1 N–H and O–H groups in total. The van der Waals surface area contributed by atoms with Crippen LogP contribution in [-0.2, 0) is 6.54 Å². The maximum atomic E-state index is 3.44. The summed E-state index contributed by atoms with van der Waals surface area (Å²) in [5.74, 6) is 0. The molecule has 2 rings (SSSR count). The molecule has 1 aromatic heterocycles. The Bertz CT molecular complexity index is 428. The Balaban J connectivity index is 1.99. The Hall–Kier alpha value is -1.28. The standard InChI is InChI=1S/C13H15NS/c1-10-3-5-12(6-4-10)7-14-13-9-15-8-11(13)2/h3-6,8-9,14H,7H2,1-2H3. The Morgan fingerprint density at radius 3 is 2.40 bits per heavy atom. The third kappa shape index (κ3) is 2.60. The molecule has 0 aliphatic heterocycles. The van der Waals surface area contributed by atoms with Crippen molar-refractivity contribution < 1.29 is 0 Å². The molecule has 15 heavy (non-hydrogen) atoms. The van der Waals surface area contributed by atoms with Crippen molar-refractivity contribution in [1.82, 2.24) is 0 Å². The van der Waals surface area contributed by atoms with Crippen molar-refractivity contribution in [3.05, 3.63) is 51.7 Å². The molecule has 2 aromatic rings. The molecule has 78 valence electrons. The molecule has 0 atom stereocenters. The molecule has 1 heterocycles. The SMILES string of the molecule is Cc1ccc(CNc2cscc2C)cc1. The Kier molecular flexibility index (Phi) is 3.07. The number of rotatable bonds is 3. The van der Waals surface area contributed by atoms with E-state index in [0.717, 1.165) is 6.54 Å². The molecule has 1 nitrogen and oxygen atoms in total. The van der Waals surface area contributed by atoms with Gasteiger partial charge in [0.1, 0.15) is 0 Å². The molecule has 0 spiro atoms. The molecule has 0 bridgehead atoms. The molecule has 0 saturated carbocycles. The maximum absolute atomic E-state index is 3.44. The van der Waals surface area contributed by atoms with Crippen LogP contribution in [0.3, 0.4) is 0 Å². The first-order valence-electron chi connectivity index (χ1n) is 5.08. The minimum atomic E-state index is 0.901. The van der Waals surface area contributed by atoms with Gasteiger partial charge in [0.2, 0.25) is 0 Å². The minimum Gasteiger partial charge on any atom is -0.380 e. The lowest BCUT2D eigenvalue weighted by atomic mass is 10.1. The zero-order chi connectivity index (χ0) is 10.7. The number of hydrogen-bond donors (Lipinski definition) is 1. The molecule has 0 aliphatic carbocycles. The fraction of sp³-hybridized carbons (Fsp3) is 0.231. The van der Waals surface area contributed by atoms with Crippen molar-refractivity contribution >= 4 is 17.0 Å². The van der Waals surface area contributed by atoms with Gasteiger partial charge in [0.25, 0.3) is 0 Å². The number of aryl methyl sites for hydroxylation is 2. The average molecular weight is 217 g/mol. The molecule has 0 unspecified atom stereocenters. The van der Waals surface area contributed by atoms with Crippen molar-refractivity contribution in [2.24, 2.45) is 0 Å². The second kappa shape index (κ2) is 4.49. The van der Waals surface area contributed by atoms with Crippen LogP contribution < -0.4 is 5.32 Å². The largest absolute Gasteiger partial charge is 0.380 e. The van der Waals surface area contributed by atoms with E-state index >= 15 is 0 Å². The van der Waals surface area contributed by atoms with E-state index in [-0.39, 0.29) is 0 Å². The van der Waals surface area contributed by atoms with Gasteiger partial charge in [-0.25, -0.2) is 0 Å². The van der Waals surface area contributed by atoms with Gasteiger partial charge < -0.3 is 5.32 Å². The van der Waals surface area contributed by atoms with Crippen LogP contribution in [0.1, 0.15) is 16.7 Å². The number of nitrogens with one attached hydrogen (secondary N) is 1. The van der Waals surface area contributed by atoms with Crippen molar-refractivity contribution in [2.75, 3.05) is 5.32 Å².